The largest absolute Gasteiger partial charge is 0.507 e. The number of piperidine rings is 1. The first-order valence-electron chi connectivity index (χ1n) is 6.82. The summed E-state index contributed by atoms with van der Waals surface area (Å²) in [4.78, 5) is 14.3. The molecule has 0 saturated carbocycles. The number of phenolic OH excluding ortho intramolecular Hbond substituents is 1. The molecule has 104 valence electrons. The van der Waals surface area contributed by atoms with Gasteiger partial charge in [0.05, 0.1) is 5.56 Å². The van der Waals surface area contributed by atoms with E-state index in [1.807, 2.05) is 4.90 Å². The van der Waals surface area contributed by atoms with Gasteiger partial charge >= 0.3 is 0 Å². The molecule has 1 fully saturated rings. The molecule has 0 radical (unpaired) electrons. The van der Waals surface area contributed by atoms with Gasteiger partial charge in [0.15, 0.2) is 0 Å². The summed E-state index contributed by atoms with van der Waals surface area (Å²) in [6, 6.07) is 5.28. The van der Waals surface area contributed by atoms with E-state index >= 15 is 0 Å². The minimum absolute atomic E-state index is 0.0912. The molecule has 0 spiro atoms. The number of nitrogens with two attached hydrogens (primary N) is 1. The van der Waals surface area contributed by atoms with Crippen LogP contribution in [0.3, 0.4) is 0 Å². The maximum absolute atomic E-state index is 12.5. The Labute approximate surface area is 114 Å². The summed E-state index contributed by atoms with van der Waals surface area (Å²) in [7, 11) is 0. The summed E-state index contributed by atoms with van der Waals surface area (Å²) in [5.41, 5.74) is 6.88. The van der Waals surface area contributed by atoms with Crippen molar-refractivity contribution in [2.24, 2.45) is 17.6 Å². The number of likely N-dealkylation sites (tertiary alicyclic amines) is 1. The van der Waals surface area contributed by atoms with Crippen LogP contribution in [0.2, 0.25) is 0 Å². The molecule has 1 saturated heterocycles. The van der Waals surface area contributed by atoms with Gasteiger partial charge in [0.25, 0.3) is 5.91 Å². The molecule has 2 unspecified atom stereocenters. The van der Waals surface area contributed by atoms with Gasteiger partial charge in [0.1, 0.15) is 5.75 Å². The Bertz CT molecular complexity index is 473. The predicted molar refractivity (Wildman–Crippen MR) is 75.1 cm³/mol. The lowest BCUT2D eigenvalue weighted by atomic mass is 9.87. The third-order valence-corrected chi connectivity index (χ3v) is 4.17. The first kappa shape index (κ1) is 13.9. The van der Waals surface area contributed by atoms with Crippen LogP contribution in [0, 0.1) is 18.8 Å². The number of carbonyl (C=O) groups is 1. The van der Waals surface area contributed by atoms with E-state index in [0.29, 0.717) is 30.5 Å². The molecule has 0 aromatic heterocycles. The second-order valence-corrected chi connectivity index (χ2v) is 5.48. The lowest BCUT2D eigenvalue weighted by Crippen LogP contribution is -2.45. The monoisotopic (exact) mass is 262 g/mol. The minimum Gasteiger partial charge on any atom is -0.507 e. The molecule has 1 aliphatic heterocycles. The van der Waals surface area contributed by atoms with Crippen LogP contribution in [-0.4, -0.2) is 35.5 Å². The van der Waals surface area contributed by atoms with Gasteiger partial charge in [0.2, 0.25) is 0 Å². The first-order chi connectivity index (χ1) is 9.04. The molecular weight excluding hydrogens is 240 g/mol. The number of carbonyl (C=O) groups excluding carboxylic acids is 1. The number of phenols is 1. The summed E-state index contributed by atoms with van der Waals surface area (Å²) in [6.45, 7) is 6.01. The number of aryl methyl sites for hydroxylation is 1. The Morgan fingerprint density at radius 1 is 1.53 bits per heavy atom. The van der Waals surface area contributed by atoms with Gasteiger partial charge in [-0.3, -0.25) is 4.79 Å². The number of nitrogens with zero attached hydrogens (tertiary/aromatic N) is 1. The van der Waals surface area contributed by atoms with Gasteiger partial charge in [0, 0.05) is 13.1 Å². The number of amides is 1. The quantitative estimate of drug-likeness (QED) is 0.853. The number of benzene rings is 1. The standard InChI is InChI=1S/C15H22N2O2/c1-10-6-7-17(9-12(10)8-16)15(19)13-5-3-4-11(2)14(13)18/h3-5,10,12,18H,6-9,16H2,1-2H3. The van der Waals surface area contributed by atoms with E-state index in [2.05, 4.69) is 6.92 Å². The number of aromatic hydroxyl groups is 1. The number of rotatable bonds is 2. The van der Waals surface area contributed by atoms with E-state index in [1.54, 1.807) is 25.1 Å². The highest BCUT2D eigenvalue weighted by atomic mass is 16.3. The fraction of sp³-hybridized carbons (Fsp3) is 0.533. The Morgan fingerprint density at radius 2 is 2.26 bits per heavy atom. The SMILES string of the molecule is Cc1cccc(C(=O)N2CCC(C)C(CN)C2)c1O. The minimum atomic E-state index is -0.0912. The molecule has 2 atom stereocenters. The maximum Gasteiger partial charge on any atom is 0.257 e. The molecule has 3 N–H and O–H groups in total. The molecular formula is C15H22N2O2. The molecule has 1 amide bonds. The van der Waals surface area contributed by atoms with Crippen LogP contribution >= 0.6 is 0 Å². The van der Waals surface area contributed by atoms with Gasteiger partial charge in [-0.05, 0) is 43.4 Å². The van der Waals surface area contributed by atoms with Gasteiger partial charge in [-0.25, -0.2) is 0 Å². The van der Waals surface area contributed by atoms with E-state index in [-0.39, 0.29) is 11.7 Å². The lowest BCUT2D eigenvalue weighted by Gasteiger charge is -2.36. The van der Waals surface area contributed by atoms with E-state index in [4.69, 9.17) is 5.73 Å². The number of para-hydroxylation sites is 1. The van der Waals surface area contributed by atoms with Crippen molar-refractivity contribution in [2.75, 3.05) is 19.6 Å². The average molecular weight is 262 g/mol. The van der Waals surface area contributed by atoms with Gasteiger partial charge in [-0.2, -0.15) is 0 Å². The molecule has 4 heteroatoms. The maximum atomic E-state index is 12.5. The normalized spacial score (nSPS) is 23.4. The van der Waals surface area contributed by atoms with Crippen molar-refractivity contribution in [1.29, 1.82) is 0 Å². The lowest BCUT2D eigenvalue weighted by molar-refractivity contribution is 0.0615. The van der Waals surface area contributed by atoms with E-state index in [1.165, 1.54) is 0 Å². The van der Waals surface area contributed by atoms with Gasteiger partial charge < -0.3 is 15.7 Å². The summed E-state index contributed by atoms with van der Waals surface area (Å²) in [5, 5.41) is 10.0. The molecule has 1 aliphatic rings. The third-order valence-electron chi connectivity index (χ3n) is 4.17. The first-order valence-corrected chi connectivity index (χ1v) is 6.82. The average Bonchev–Trinajstić information content (AvgIpc) is 2.41. The highest BCUT2D eigenvalue weighted by Gasteiger charge is 2.29. The van der Waals surface area contributed by atoms with Gasteiger partial charge in [-0.15, -0.1) is 0 Å². The van der Waals surface area contributed by atoms with Crippen LogP contribution < -0.4 is 5.73 Å². The van der Waals surface area contributed by atoms with Crippen molar-refractivity contribution in [3.05, 3.63) is 29.3 Å². The van der Waals surface area contributed by atoms with Crippen molar-refractivity contribution < 1.29 is 9.90 Å². The zero-order chi connectivity index (χ0) is 14.0. The molecule has 2 rings (SSSR count). The molecule has 19 heavy (non-hydrogen) atoms. The summed E-state index contributed by atoms with van der Waals surface area (Å²) in [5.74, 6) is 0.909. The molecule has 0 bridgehead atoms. The highest BCUT2D eigenvalue weighted by Crippen LogP contribution is 2.27. The Kier molecular flexibility index (Phi) is 4.10. The van der Waals surface area contributed by atoms with E-state index < -0.39 is 0 Å². The van der Waals surface area contributed by atoms with Crippen molar-refractivity contribution in [3.63, 3.8) is 0 Å². The highest BCUT2D eigenvalue weighted by molar-refractivity contribution is 5.97. The van der Waals surface area contributed by atoms with Crippen molar-refractivity contribution in [1.82, 2.24) is 4.90 Å². The van der Waals surface area contributed by atoms with Crippen LogP contribution in [0.15, 0.2) is 18.2 Å². The molecule has 4 nitrogen and oxygen atoms in total. The van der Waals surface area contributed by atoms with Crippen LogP contribution in [-0.2, 0) is 0 Å². The van der Waals surface area contributed by atoms with Crippen LogP contribution in [0.5, 0.6) is 5.75 Å². The Hall–Kier alpha value is -1.55. The van der Waals surface area contributed by atoms with E-state index in [0.717, 1.165) is 18.5 Å². The zero-order valence-electron chi connectivity index (χ0n) is 11.6. The summed E-state index contributed by atoms with van der Waals surface area (Å²) >= 11 is 0. The zero-order valence-corrected chi connectivity index (χ0v) is 11.6. The van der Waals surface area contributed by atoms with Crippen molar-refractivity contribution in [3.8, 4) is 5.75 Å². The Balaban J connectivity index is 2.18. The van der Waals surface area contributed by atoms with Gasteiger partial charge in [-0.1, -0.05) is 19.1 Å². The van der Waals surface area contributed by atoms with E-state index in [9.17, 15) is 9.90 Å². The summed E-state index contributed by atoms with van der Waals surface area (Å²) < 4.78 is 0. The third kappa shape index (κ3) is 2.73. The smallest absolute Gasteiger partial charge is 0.257 e. The molecule has 1 heterocycles. The predicted octanol–water partition coefficient (Wildman–Crippen LogP) is 1.76. The van der Waals surface area contributed by atoms with Crippen LogP contribution in [0.4, 0.5) is 0 Å². The second-order valence-electron chi connectivity index (χ2n) is 5.48. The number of hydrogen-bond donors (Lipinski definition) is 2. The second kappa shape index (κ2) is 5.61. The van der Waals surface area contributed by atoms with Crippen LogP contribution in [0.1, 0.15) is 29.3 Å². The number of hydrogen-bond acceptors (Lipinski definition) is 3. The van der Waals surface area contributed by atoms with Crippen LogP contribution in [0.25, 0.3) is 0 Å². The molecule has 0 aliphatic carbocycles. The molecule has 1 aromatic carbocycles. The topological polar surface area (TPSA) is 66.6 Å². The van der Waals surface area contributed by atoms with Crippen molar-refractivity contribution in [2.45, 2.75) is 20.3 Å². The fourth-order valence-electron chi connectivity index (χ4n) is 2.64. The van der Waals surface area contributed by atoms with Crippen molar-refractivity contribution >= 4 is 5.91 Å². The Morgan fingerprint density at radius 3 is 2.95 bits per heavy atom. The fourth-order valence-corrected chi connectivity index (χ4v) is 2.64. The summed E-state index contributed by atoms with van der Waals surface area (Å²) in [6.07, 6.45) is 0.972. The molecule has 1 aromatic rings.